The van der Waals surface area contributed by atoms with Crippen molar-refractivity contribution < 1.29 is 37.4 Å². The summed E-state index contributed by atoms with van der Waals surface area (Å²) in [4.78, 5) is 35.9. The van der Waals surface area contributed by atoms with E-state index in [1.54, 1.807) is 19.2 Å². The van der Waals surface area contributed by atoms with Crippen molar-refractivity contribution in [2.24, 2.45) is 5.92 Å². The Balaban J connectivity index is 1.68. The normalized spacial score (nSPS) is 14.6. The third-order valence-corrected chi connectivity index (χ3v) is 5.75. The number of ether oxygens (including phenoxy) is 1. The summed E-state index contributed by atoms with van der Waals surface area (Å²) in [5.41, 5.74) is 4.04. The number of carboxylic acids is 1. The molecule has 0 aliphatic heterocycles. The van der Waals surface area contributed by atoms with Crippen LogP contribution in [0.4, 0.5) is 18.0 Å². The minimum Gasteiger partial charge on any atom is -0.481 e. The molecule has 2 atom stereocenters. The minimum atomic E-state index is -4.96. The maximum atomic E-state index is 13.2. The smallest absolute Gasteiger partial charge is 0.409 e. The van der Waals surface area contributed by atoms with Crippen molar-refractivity contribution in [2.75, 3.05) is 6.61 Å². The Morgan fingerprint density at radius 3 is 2.00 bits per heavy atom. The molecular formula is C25H27F3N2O5. The first-order chi connectivity index (χ1) is 16.5. The molecule has 10 heteroatoms. The lowest BCUT2D eigenvalue weighted by Gasteiger charge is -2.25. The van der Waals surface area contributed by atoms with Gasteiger partial charge in [-0.15, -0.1) is 0 Å². The lowest BCUT2D eigenvalue weighted by molar-refractivity contribution is -0.170. The van der Waals surface area contributed by atoms with Gasteiger partial charge in [0.25, 0.3) is 0 Å². The summed E-state index contributed by atoms with van der Waals surface area (Å²) in [6, 6.07) is 11.5. The summed E-state index contributed by atoms with van der Waals surface area (Å²) >= 11 is 0. The zero-order chi connectivity index (χ0) is 25.8. The van der Waals surface area contributed by atoms with Crippen LogP contribution in [0.25, 0.3) is 11.1 Å². The molecule has 0 radical (unpaired) electrons. The number of aliphatic carboxylic acids is 1. The number of halogens is 3. The molecule has 2 aromatic carbocycles. The first-order valence-electron chi connectivity index (χ1n) is 11.2. The molecule has 2 amide bonds. The number of fused-ring (bicyclic) bond motifs is 3. The second-order valence-corrected chi connectivity index (χ2v) is 8.85. The zero-order valence-electron chi connectivity index (χ0n) is 19.3. The molecule has 1 aliphatic rings. The monoisotopic (exact) mass is 492 g/mol. The van der Waals surface area contributed by atoms with E-state index in [0.29, 0.717) is 0 Å². The Morgan fingerprint density at radius 2 is 1.51 bits per heavy atom. The average Bonchev–Trinajstić information content (AvgIpc) is 3.09. The van der Waals surface area contributed by atoms with Gasteiger partial charge in [-0.2, -0.15) is 13.2 Å². The molecule has 0 bridgehead atoms. The van der Waals surface area contributed by atoms with Crippen molar-refractivity contribution in [3.8, 4) is 11.1 Å². The number of alkyl carbamates (subject to hydrolysis) is 1. The Kier molecular flexibility index (Phi) is 8.03. The van der Waals surface area contributed by atoms with E-state index in [1.165, 1.54) is 0 Å². The summed E-state index contributed by atoms with van der Waals surface area (Å²) in [6.07, 6.45) is -7.20. The molecule has 0 spiro atoms. The summed E-state index contributed by atoms with van der Waals surface area (Å²) in [5, 5.41) is 12.8. The number of alkyl halides is 3. The second-order valence-electron chi connectivity index (χ2n) is 8.85. The number of carboxylic acid groups (broad SMARTS) is 1. The molecule has 0 fully saturated rings. The minimum absolute atomic E-state index is 0.0277. The van der Waals surface area contributed by atoms with Crippen LogP contribution in [0.2, 0.25) is 0 Å². The van der Waals surface area contributed by atoms with Crippen LogP contribution in [0.5, 0.6) is 0 Å². The predicted molar refractivity (Wildman–Crippen MR) is 122 cm³/mol. The fourth-order valence-electron chi connectivity index (χ4n) is 4.18. The molecule has 0 saturated heterocycles. The molecule has 3 N–H and O–H groups in total. The van der Waals surface area contributed by atoms with Crippen molar-refractivity contribution in [3.63, 3.8) is 0 Å². The van der Waals surface area contributed by atoms with Crippen LogP contribution >= 0.6 is 0 Å². The topological polar surface area (TPSA) is 105 Å². The molecule has 1 aliphatic carbocycles. The molecule has 0 heterocycles. The number of carbonyl (C=O) groups is 3. The zero-order valence-corrected chi connectivity index (χ0v) is 19.3. The molecule has 188 valence electrons. The summed E-state index contributed by atoms with van der Waals surface area (Å²) in [7, 11) is 0. The number of carbonyl (C=O) groups excluding carboxylic acids is 2. The van der Waals surface area contributed by atoms with Crippen LogP contribution in [0, 0.1) is 5.92 Å². The summed E-state index contributed by atoms with van der Waals surface area (Å²) in [6.45, 7) is 3.44. The van der Waals surface area contributed by atoms with E-state index >= 15 is 0 Å². The first-order valence-corrected chi connectivity index (χ1v) is 11.2. The number of benzene rings is 2. The molecule has 3 rings (SSSR count). The third-order valence-electron chi connectivity index (χ3n) is 5.75. The van der Waals surface area contributed by atoms with Crippen molar-refractivity contribution in [1.29, 1.82) is 0 Å². The average molecular weight is 492 g/mol. The molecule has 2 aromatic rings. The van der Waals surface area contributed by atoms with Gasteiger partial charge >= 0.3 is 18.2 Å². The Labute approximate surface area is 200 Å². The Bertz CT molecular complexity index is 1040. The van der Waals surface area contributed by atoms with Gasteiger partial charge in [0, 0.05) is 5.92 Å². The standard InChI is InChI=1S/C25H27F3N2O5/c1-14(2)11-20(23(33)30-21(12-22(31)32)25(26,27)28)29-24(34)35-13-19-17-9-5-3-7-15(17)16-8-4-6-10-18(16)19/h3-10,14,19-21H,11-13H2,1-2H3,(H,29,34)(H,30,33)(H,31,32)/t20-,21?/m0/s1. The number of nitrogens with one attached hydrogen (secondary N) is 2. The van der Waals surface area contributed by atoms with Crippen LogP contribution in [-0.2, 0) is 14.3 Å². The van der Waals surface area contributed by atoms with Gasteiger partial charge in [-0.05, 0) is 34.6 Å². The fourth-order valence-corrected chi connectivity index (χ4v) is 4.18. The lowest BCUT2D eigenvalue weighted by atomic mass is 9.98. The Hall–Kier alpha value is -3.56. The van der Waals surface area contributed by atoms with E-state index in [1.807, 2.05) is 48.5 Å². The van der Waals surface area contributed by atoms with E-state index in [-0.39, 0.29) is 24.9 Å². The van der Waals surface area contributed by atoms with E-state index in [4.69, 9.17) is 9.84 Å². The molecule has 7 nitrogen and oxygen atoms in total. The van der Waals surface area contributed by atoms with Crippen molar-refractivity contribution in [3.05, 3.63) is 59.7 Å². The largest absolute Gasteiger partial charge is 0.481 e. The van der Waals surface area contributed by atoms with Gasteiger partial charge < -0.3 is 20.5 Å². The maximum Gasteiger partial charge on any atom is 0.409 e. The quantitative estimate of drug-likeness (QED) is 0.479. The fraction of sp³-hybridized carbons (Fsp3) is 0.400. The number of rotatable bonds is 9. The second kappa shape index (κ2) is 10.8. The van der Waals surface area contributed by atoms with Crippen LogP contribution in [0.3, 0.4) is 0 Å². The highest BCUT2D eigenvalue weighted by molar-refractivity contribution is 5.86. The number of amides is 2. The highest BCUT2D eigenvalue weighted by Gasteiger charge is 2.43. The van der Waals surface area contributed by atoms with E-state index in [2.05, 4.69) is 5.32 Å². The van der Waals surface area contributed by atoms with Crippen LogP contribution in [0.15, 0.2) is 48.5 Å². The van der Waals surface area contributed by atoms with E-state index in [0.717, 1.165) is 22.3 Å². The van der Waals surface area contributed by atoms with Gasteiger partial charge in [0.2, 0.25) is 5.91 Å². The molecule has 1 unspecified atom stereocenters. The molecule has 35 heavy (non-hydrogen) atoms. The van der Waals surface area contributed by atoms with Gasteiger partial charge in [0.1, 0.15) is 18.7 Å². The van der Waals surface area contributed by atoms with E-state index in [9.17, 15) is 27.6 Å². The van der Waals surface area contributed by atoms with Gasteiger partial charge in [-0.1, -0.05) is 62.4 Å². The summed E-state index contributed by atoms with van der Waals surface area (Å²) < 4.78 is 44.9. The SMILES string of the molecule is CC(C)C[C@H](NC(=O)OCC1c2ccccc2-c2ccccc21)C(=O)NC(CC(=O)O)C(F)(F)F. The maximum absolute atomic E-state index is 13.2. The van der Waals surface area contributed by atoms with Gasteiger partial charge in [-0.3, -0.25) is 9.59 Å². The van der Waals surface area contributed by atoms with Gasteiger partial charge in [0.05, 0.1) is 6.42 Å². The predicted octanol–water partition coefficient (Wildman–Crippen LogP) is 4.46. The lowest BCUT2D eigenvalue weighted by Crippen LogP contribution is -2.54. The first kappa shape index (κ1) is 26.1. The van der Waals surface area contributed by atoms with E-state index < -0.39 is 42.7 Å². The van der Waals surface area contributed by atoms with Crippen molar-refractivity contribution in [2.45, 2.75) is 50.9 Å². The summed E-state index contributed by atoms with van der Waals surface area (Å²) in [5.74, 6) is -3.22. The van der Waals surface area contributed by atoms with Crippen LogP contribution in [0.1, 0.15) is 43.7 Å². The molecular weight excluding hydrogens is 465 g/mol. The van der Waals surface area contributed by atoms with Gasteiger partial charge in [-0.25, -0.2) is 4.79 Å². The highest BCUT2D eigenvalue weighted by atomic mass is 19.4. The molecule has 0 saturated carbocycles. The van der Waals surface area contributed by atoms with Crippen LogP contribution < -0.4 is 10.6 Å². The van der Waals surface area contributed by atoms with Crippen LogP contribution in [-0.4, -0.2) is 47.9 Å². The number of hydrogen-bond donors (Lipinski definition) is 3. The van der Waals surface area contributed by atoms with Gasteiger partial charge in [0.15, 0.2) is 0 Å². The Morgan fingerprint density at radius 1 is 0.971 bits per heavy atom. The molecule has 0 aromatic heterocycles. The highest BCUT2D eigenvalue weighted by Crippen LogP contribution is 2.44. The third kappa shape index (κ3) is 6.52. The van der Waals surface area contributed by atoms with Crippen molar-refractivity contribution in [1.82, 2.24) is 10.6 Å². The number of hydrogen-bond acceptors (Lipinski definition) is 4. The van der Waals surface area contributed by atoms with Crippen molar-refractivity contribution >= 4 is 18.0 Å².